The van der Waals surface area contributed by atoms with E-state index in [1.165, 1.54) is 24.3 Å². The minimum Gasteiger partial charge on any atom is -0.550 e. The summed E-state index contributed by atoms with van der Waals surface area (Å²) < 4.78 is 32.8. The van der Waals surface area contributed by atoms with Gasteiger partial charge in [0.1, 0.15) is 0 Å². The van der Waals surface area contributed by atoms with Crippen LogP contribution in [0.3, 0.4) is 0 Å². The van der Waals surface area contributed by atoms with Crippen LogP contribution in [0, 0.1) is 0 Å². The molecule has 1 N–H and O–H groups in total. The predicted molar refractivity (Wildman–Crippen MR) is 112 cm³/mol. The minimum atomic E-state index is -3.60. The molecule has 0 radical (unpaired) electrons. The number of aliphatic carboxylic acids is 1. The molecule has 0 spiro atoms. The van der Waals surface area contributed by atoms with E-state index < -0.39 is 16.0 Å². The molecule has 0 amide bonds. The molecule has 1 atom stereocenters. The van der Waals surface area contributed by atoms with E-state index in [1.54, 1.807) is 6.20 Å². The average molecular weight is 477 g/mol. The number of aryl methyl sites for hydroxylation is 1. The molecule has 10 heteroatoms. The van der Waals surface area contributed by atoms with E-state index in [2.05, 4.69) is 9.71 Å². The first-order valence-corrected chi connectivity index (χ1v) is 11.7. The number of pyridine rings is 1. The molecule has 0 saturated heterocycles. The van der Waals surface area contributed by atoms with Crippen molar-refractivity contribution < 1.29 is 52.6 Å². The number of carbonyl (C=O) groups excluding carboxylic acids is 1. The molecular formula is C21H26ClN2NaO5S. The summed E-state index contributed by atoms with van der Waals surface area (Å²) >= 11 is 5.78. The van der Waals surface area contributed by atoms with E-state index in [0.717, 1.165) is 18.4 Å². The number of hydrogen-bond donors (Lipinski definition) is 1. The first-order chi connectivity index (χ1) is 14.4. The Morgan fingerprint density at radius 2 is 1.90 bits per heavy atom. The molecule has 7 nitrogen and oxygen atoms in total. The second kappa shape index (κ2) is 14.9. The Kier molecular flexibility index (Phi) is 13.5. The number of aromatic nitrogens is 1. The molecule has 0 aliphatic heterocycles. The van der Waals surface area contributed by atoms with Crippen LogP contribution < -0.4 is 39.4 Å². The molecule has 1 aromatic heterocycles. The first kappa shape index (κ1) is 28.0. The number of sulfonamides is 1. The molecule has 0 saturated carbocycles. The van der Waals surface area contributed by atoms with Crippen molar-refractivity contribution in [2.75, 3.05) is 13.2 Å². The molecule has 0 aliphatic carbocycles. The summed E-state index contributed by atoms with van der Waals surface area (Å²) in [6.07, 6.45) is 6.46. The van der Waals surface area contributed by atoms with Crippen LogP contribution >= 0.6 is 11.6 Å². The quantitative estimate of drug-likeness (QED) is 0.286. The fourth-order valence-electron chi connectivity index (χ4n) is 2.90. The molecule has 1 aromatic carbocycles. The smallest absolute Gasteiger partial charge is 0.550 e. The monoisotopic (exact) mass is 476 g/mol. The molecule has 164 valence electrons. The molecule has 31 heavy (non-hydrogen) atoms. The van der Waals surface area contributed by atoms with Crippen molar-refractivity contribution in [2.24, 2.45) is 0 Å². The Bertz CT molecular complexity index is 882. The van der Waals surface area contributed by atoms with E-state index in [4.69, 9.17) is 16.3 Å². The summed E-state index contributed by atoms with van der Waals surface area (Å²) in [6.45, 7) is 0.543. The average Bonchev–Trinajstić information content (AvgIpc) is 2.72. The molecule has 0 bridgehead atoms. The Labute approximate surface area is 210 Å². The molecule has 0 fully saturated rings. The summed E-state index contributed by atoms with van der Waals surface area (Å²) in [7, 11) is -3.60. The van der Waals surface area contributed by atoms with Crippen molar-refractivity contribution in [3.63, 3.8) is 0 Å². The Balaban J connectivity index is 0.00000480. The maximum absolute atomic E-state index is 12.2. The Morgan fingerprint density at radius 1 is 1.16 bits per heavy atom. The van der Waals surface area contributed by atoms with Crippen molar-refractivity contribution in [2.45, 2.75) is 49.5 Å². The van der Waals surface area contributed by atoms with Gasteiger partial charge >= 0.3 is 29.6 Å². The third kappa shape index (κ3) is 11.4. The van der Waals surface area contributed by atoms with Crippen molar-refractivity contribution in [3.05, 3.63) is 59.4 Å². The maximum Gasteiger partial charge on any atom is 1.00 e. The zero-order chi connectivity index (χ0) is 21.8. The number of benzene rings is 1. The number of halogens is 1. The number of rotatable bonds is 14. The van der Waals surface area contributed by atoms with E-state index in [1.807, 2.05) is 18.3 Å². The number of hydrogen-bond acceptors (Lipinski definition) is 6. The van der Waals surface area contributed by atoms with Crippen LogP contribution in [0.4, 0.5) is 0 Å². The zero-order valence-corrected chi connectivity index (χ0v) is 21.2. The van der Waals surface area contributed by atoms with E-state index in [0.29, 0.717) is 30.9 Å². The third-order valence-electron chi connectivity index (χ3n) is 4.48. The van der Waals surface area contributed by atoms with Gasteiger partial charge in [-0.1, -0.05) is 17.7 Å². The number of ether oxygens (including phenoxy) is 1. The number of carbonyl (C=O) groups is 1. The SMILES string of the molecule is O=C([O-])CCC(CCCc1cccnc1)OCCCNS(=O)(=O)c1ccc(Cl)cc1.[Na+]. The molecule has 2 aromatic rings. The van der Waals surface area contributed by atoms with E-state index in [9.17, 15) is 18.3 Å². The van der Waals surface area contributed by atoms with Crippen LogP contribution in [0.1, 0.15) is 37.7 Å². The summed E-state index contributed by atoms with van der Waals surface area (Å²) in [5.74, 6) is -1.11. The fraction of sp³-hybridized carbons (Fsp3) is 0.429. The van der Waals surface area contributed by atoms with Gasteiger partial charge in [0.25, 0.3) is 0 Å². The normalized spacial score (nSPS) is 12.2. The summed E-state index contributed by atoms with van der Waals surface area (Å²) in [5.41, 5.74) is 1.12. The zero-order valence-electron chi connectivity index (χ0n) is 17.6. The van der Waals surface area contributed by atoms with Crippen LogP contribution in [0.15, 0.2) is 53.7 Å². The van der Waals surface area contributed by atoms with Crippen molar-refractivity contribution in [3.8, 4) is 0 Å². The number of carboxylic acids is 1. The molecule has 1 unspecified atom stereocenters. The summed E-state index contributed by atoms with van der Waals surface area (Å²) in [6, 6.07) is 9.80. The van der Waals surface area contributed by atoms with Crippen molar-refractivity contribution in [1.29, 1.82) is 0 Å². The van der Waals surface area contributed by atoms with Gasteiger partial charge in [-0.25, -0.2) is 13.1 Å². The van der Waals surface area contributed by atoms with Crippen LogP contribution in [0.2, 0.25) is 5.02 Å². The van der Waals surface area contributed by atoms with Gasteiger partial charge in [0.2, 0.25) is 10.0 Å². The fourth-order valence-corrected chi connectivity index (χ4v) is 4.10. The standard InChI is InChI=1S/C21H27ClN2O5S.Na/c22-18-7-10-20(11-8-18)30(27,28)24-14-3-15-29-19(9-12-21(25)26)6-1-4-17-5-2-13-23-16-17;/h2,5,7-8,10-11,13,16,19,24H,1,3-4,6,9,12,14-15H2,(H,25,26);/q;+1/p-1. The van der Waals surface area contributed by atoms with Crippen LogP contribution in [-0.4, -0.2) is 38.6 Å². The molecule has 0 aliphatic rings. The first-order valence-electron chi connectivity index (χ1n) is 9.82. The maximum atomic E-state index is 12.2. The van der Waals surface area contributed by atoms with Gasteiger partial charge in [-0.15, -0.1) is 0 Å². The van der Waals surface area contributed by atoms with Crippen molar-refractivity contribution in [1.82, 2.24) is 9.71 Å². The van der Waals surface area contributed by atoms with Gasteiger partial charge in [0.05, 0.1) is 11.0 Å². The Morgan fingerprint density at radius 3 is 2.55 bits per heavy atom. The number of nitrogens with zero attached hydrogens (tertiary/aromatic N) is 1. The third-order valence-corrected chi connectivity index (χ3v) is 6.20. The number of carboxylic acid groups (broad SMARTS) is 1. The topological polar surface area (TPSA) is 108 Å². The summed E-state index contributed by atoms with van der Waals surface area (Å²) in [4.78, 5) is 15.0. The van der Waals surface area contributed by atoms with E-state index >= 15 is 0 Å². The van der Waals surface area contributed by atoms with Gasteiger partial charge < -0.3 is 14.6 Å². The second-order valence-electron chi connectivity index (χ2n) is 6.86. The molecule has 2 rings (SSSR count). The largest absolute Gasteiger partial charge is 1.00 e. The summed E-state index contributed by atoms with van der Waals surface area (Å²) in [5, 5.41) is 11.2. The van der Waals surface area contributed by atoms with Crippen molar-refractivity contribution >= 4 is 27.6 Å². The Hall–Kier alpha value is -1.000. The predicted octanol–water partition coefficient (Wildman–Crippen LogP) is -0.654. The van der Waals surface area contributed by atoms with Crippen LogP contribution in [0.5, 0.6) is 0 Å². The van der Waals surface area contributed by atoms with Crippen LogP contribution in [-0.2, 0) is 26.0 Å². The van der Waals surface area contributed by atoms with Gasteiger partial charge in [0.15, 0.2) is 0 Å². The number of nitrogens with one attached hydrogen (secondary N) is 1. The molecular weight excluding hydrogens is 451 g/mol. The minimum absolute atomic E-state index is 0. The van der Waals surface area contributed by atoms with Gasteiger partial charge in [0, 0.05) is 36.5 Å². The van der Waals surface area contributed by atoms with Gasteiger partial charge in [-0.05, 0) is 74.4 Å². The van der Waals surface area contributed by atoms with Gasteiger partial charge in [-0.3, -0.25) is 4.98 Å². The van der Waals surface area contributed by atoms with Gasteiger partial charge in [-0.2, -0.15) is 0 Å². The second-order valence-corrected chi connectivity index (χ2v) is 9.07. The van der Waals surface area contributed by atoms with Crippen LogP contribution in [0.25, 0.3) is 0 Å². The van der Waals surface area contributed by atoms with E-state index in [-0.39, 0.29) is 53.5 Å². The molecule has 1 heterocycles.